The molecule has 0 saturated carbocycles. The lowest BCUT2D eigenvalue weighted by molar-refractivity contribution is 0.0999. The SMILES string of the molecule is Cc1c(Cc2ccccc2)cccc1C(N)=O. The molecule has 0 aliphatic rings. The van der Waals surface area contributed by atoms with Crippen molar-refractivity contribution in [3.05, 3.63) is 70.8 Å². The maximum absolute atomic E-state index is 11.2. The van der Waals surface area contributed by atoms with Gasteiger partial charge in [0.15, 0.2) is 0 Å². The van der Waals surface area contributed by atoms with Crippen LogP contribution in [0.5, 0.6) is 0 Å². The molecule has 86 valence electrons. The highest BCUT2D eigenvalue weighted by Gasteiger charge is 2.08. The van der Waals surface area contributed by atoms with Crippen molar-refractivity contribution in [1.82, 2.24) is 0 Å². The highest BCUT2D eigenvalue weighted by atomic mass is 16.1. The molecule has 2 aromatic rings. The summed E-state index contributed by atoms with van der Waals surface area (Å²) in [6, 6.07) is 15.9. The molecule has 2 aromatic carbocycles. The molecule has 0 aromatic heterocycles. The van der Waals surface area contributed by atoms with E-state index in [1.54, 1.807) is 6.07 Å². The molecule has 0 heterocycles. The third-order valence-corrected chi connectivity index (χ3v) is 2.95. The Morgan fingerprint density at radius 1 is 1.06 bits per heavy atom. The van der Waals surface area contributed by atoms with Gasteiger partial charge in [0.05, 0.1) is 0 Å². The largest absolute Gasteiger partial charge is 0.366 e. The molecule has 0 aliphatic heterocycles. The number of carbonyl (C=O) groups excluding carboxylic acids is 1. The van der Waals surface area contributed by atoms with Gasteiger partial charge >= 0.3 is 0 Å². The second kappa shape index (κ2) is 4.83. The number of hydrogen-bond donors (Lipinski definition) is 1. The molecule has 2 nitrogen and oxygen atoms in total. The summed E-state index contributed by atoms with van der Waals surface area (Å²) in [7, 11) is 0. The molecular weight excluding hydrogens is 210 g/mol. The van der Waals surface area contributed by atoms with Crippen molar-refractivity contribution in [3.8, 4) is 0 Å². The number of rotatable bonds is 3. The lowest BCUT2D eigenvalue weighted by Crippen LogP contribution is -2.13. The third kappa shape index (κ3) is 2.53. The smallest absolute Gasteiger partial charge is 0.248 e. The summed E-state index contributed by atoms with van der Waals surface area (Å²) in [5, 5.41) is 0. The molecule has 0 radical (unpaired) electrons. The van der Waals surface area contributed by atoms with Gasteiger partial charge in [0, 0.05) is 5.56 Å². The van der Waals surface area contributed by atoms with Crippen molar-refractivity contribution in [1.29, 1.82) is 0 Å². The maximum atomic E-state index is 11.2. The van der Waals surface area contributed by atoms with Crippen molar-refractivity contribution >= 4 is 5.91 Å². The molecule has 0 atom stereocenters. The molecule has 2 N–H and O–H groups in total. The normalized spacial score (nSPS) is 10.2. The van der Waals surface area contributed by atoms with Crippen LogP contribution in [0, 0.1) is 6.92 Å². The first-order chi connectivity index (χ1) is 8.18. The van der Waals surface area contributed by atoms with Crippen LogP contribution in [0.4, 0.5) is 0 Å². The second-order valence-corrected chi connectivity index (χ2v) is 4.12. The molecule has 0 saturated heterocycles. The van der Waals surface area contributed by atoms with E-state index in [1.807, 2.05) is 37.3 Å². The van der Waals surface area contributed by atoms with Gasteiger partial charge in [-0.15, -0.1) is 0 Å². The highest BCUT2D eigenvalue weighted by Crippen LogP contribution is 2.17. The van der Waals surface area contributed by atoms with Gasteiger partial charge in [-0.1, -0.05) is 42.5 Å². The average molecular weight is 225 g/mol. The van der Waals surface area contributed by atoms with Gasteiger partial charge in [0.25, 0.3) is 0 Å². The minimum Gasteiger partial charge on any atom is -0.366 e. The first-order valence-corrected chi connectivity index (χ1v) is 5.60. The molecule has 0 spiro atoms. The van der Waals surface area contributed by atoms with Gasteiger partial charge < -0.3 is 5.73 Å². The number of hydrogen-bond acceptors (Lipinski definition) is 1. The number of primary amides is 1. The Kier molecular flexibility index (Phi) is 3.24. The van der Waals surface area contributed by atoms with E-state index in [0.29, 0.717) is 5.56 Å². The molecule has 2 heteroatoms. The van der Waals surface area contributed by atoms with E-state index in [0.717, 1.165) is 17.5 Å². The Balaban J connectivity index is 2.34. The number of benzene rings is 2. The summed E-state index contributed by atoms with van der Waals surface area (Å²) in [4.78, 5) is 11.2. The van der Waals surface area contributed by atoms with Crippen LogP contribution in [0.15, 0.2) is 48.5 Å². The van der Waals surface area contributed by atoms with Crippen molar-refractivity contribution in [3.63, 3.8) is 0 Å². The van der Waals surface area contributed by atoms with E-state index in [1.165, 1.54) is 5.56 Å². The zero-order chi connectivity index (χ0) is 12.3. The minimum atomic E-state index is -0.364. The topological polar surface area (TPSA) is 43.1 Å². The van der Waals surface area contributed by atoms with Gasteiger partial charge in [0.2, 0.25) is 5.91 Å². The molecule has 1 amide bonds. The Hall–Kier alpha value is -2.09. The summed E-state index contributed by atoms with van der Waals surface area (Å²) in [5.74, 6) is -0.364. The minimum absolute atomic E-state index is 0.364. The first kappa shape index (κ1) is 11.4. The molecule has 0 bridgehead atoms. The van der Waals surface area contributed by atoms with Crippen LogP contribution in [-0.4, -0.2) is 5.91 Å². The van der Waals surface area contributed by atoms with Crippen LogP contribution in [0.1, 0.15) is 27.0 Å². The standard InChI is InChI=1S/C15H15NO/c1-11-13(8-5-9-14(11)15(16)17)10-12-6-3-2-4-7-12/h2-9H,10H2,1H3,(H2,16,17). The maximum Gasteiger partial charge on any atom is 0.248 e. The Morgan fingerprint density at radius 3 is 2.41 bits per heavy atom. The summed E-state index contributed by atoms with van der Waals surface area (Å²) >= 11 is 0. The Labute approximate surface area is 101 Å². The van der Waals surface area contributed by atoms with E-state index in [-0.39, 0.29) is 5.91 Å². The van der Waals surface area contributed by atoms with Crippen LogP contribution in [0.3, 0.4) is 0 Å². The zero-order valence-electron chi connectivity index (χ0n) is 9.81. The summed E-state index contributed by atoms with van der Waals surface area (Å²) in [5.41, 5.74) is 9.30. The van der Waals surface area contributed by atoms with E-state index in [4.69, 9.17) is 5.73 Å². The van der Waals surface area contributed by atoms with Crippen LogP contribution in [-0.2, 0) is 6.42 Å². The number of carbonyl (C=O) groups is 1. The Morgan fingerprint density at radius 2 is 1.76 bits per heavy atom. The lowest BCUT2D eigenvalue weighted by atomic mass is 9.96. The van der Waals surface area contributed by atoms with Crippen molar-refractivity contribution in [2.45, 2.75) is 13.3 Å². The summed E-state index contributed by atoms with van der Waals surface area (Å²) < 4.78 is 0. The molecular formula is C15H15NO. The highest BCUT2D eigenvalue weighted by molar-refractivity contribution is 5.94. The first-order valence-electron chi connectivity index (χ1n) is 5.60. The molecule has 17 heavy (non-hydrogen) atoms. The molecule has 2 rings (SSSR count). The fourth-order valence-electron chi connectivity index (χ4n) is 1.96. The molecule has 0 unspecified atom stereocenters. The fourth-order valence-corrected chi connectivity index (χ4v) is 1.96. The van der Waals surface area contributed by atoms with Crippen molar-refractivity contribution in [2.24, 2.45) is 5.73 Å². The number of amides is 1. The number of nitrogens with two attached hydrogens (primary N) is 1. The molecule has 0 fully saturated rings. The summed E-state index contributed by atoms with van der Waals surface area (Å²) in [6.07, 6.45) is 0.827. The quantitative estimate of drug-likeness (QED) is 0.857. The fraction of sp³-hybridized carbons (Fsp3) is 0.133. The van der Waals surface area contributed by atoms with Crippen LogP contribution >= 0.6 is 0 Å². The van der Waals surface area contributed by atoms with E-state index >= 15 is 0 Å². The van der Waals surface area contributed by atoms with Crippen LogP contribution in [0.25, 0.3) is 0 Å². The van der Waals surface area contributed by atoms with E-state index < -0.39 is 0 Å². The van der Waals surface area contributed by atoms with E-state index in [9.17, 15) is 4.79 Å². The Bertz CT molecular complexity index is 532. The lowest BCUT2D eigenvalue weighted by Gasteiger charge is -2.09. The zero-order valence-corrected chi connectivity index (χ0v) is 9.81. The van der Waals surface area contributed by atoms with Gasteiger partial charge in [-0.2, -0.15) is 0 Å². The third-order valence-electron chi connectivity index (χ3n) is 2.95. The monoisotopic (exact) mass is 225 g/mol. The van der Waals surface area contributed by atoms with Crippen molar-refractivity contribution < 1.29 is 4.79 Å². The van der Waals surface area contributed by atoms with Gasteiger partial charge in [-0.25, -0.2) is 0 Å². The van der Waals surface area contributed by atoms with Gasteiger partial charge in [-0.05, 0) is 36.1 Å². The average Bonchev–Trinajstić information content (AvgIpc) is 2.33. The van der Waals surface area contributed by atoms with Crippen molar-refractivity contribution in [2.75, 3.05) is 0 Å². The molecule has 0 aliphatic carbocycles. The predicted octanol–water partition coefficient (Wildman–Crippen LogP) is 2.68. The van der Waals surface area contributed by atoms with Gasteiger partial charge in [0.1, 0.15) is 0 Å². The van der Waals surface area contributed by atoms with Crippen LogP contribution < -0.4 is 5.73 Å². The van der Waals surface area contributed by atoms with E-state index in [2.05, 4.69) is 12.1 Å². The van der Waals surface area contributed by atoms with Crippen LogP contribution in [0.2, 0.25) is 0 Å². The summed E-state index contributed by atoms with van der Waals surface area (Å²) in [6.45, 7) is 1.94. The van der Waals surface area contributed by atoms with Gasteiger partial charge in [-0.3, -0.25) is 4.79 Å². The second-order valence-electron chi connectivity index (χ2n) is 4.12. The predicted molar refractivity (Wildman–Crippen MR) is 68.9 cm³/mol.